The van der Waals surface area contributed by atoms with Gasteiger partial charge in [-0.3, -0.25) is 4.79 Å². The molecule has 0 unspecified atom stereocenters. The van der Waals surface area contributed by atoms with Crippen molar-refractivity contribution in [2.75, 3.05) is 0 Å². The van der Waals surface area contributed by atoms with Crippen LogP contribution in [0, 0.1) is 5.41 Å². The number of nitrogens with two attached hydrogens (primary N) is 1. The van der Waals surface area contributed by atoms with Crippen molar-refractivity contribution in [3.05, 3.63) is 34.9 Å². The lowest BCUT2D eigenvalue weighted by molar-refractivity contribution is -0.147. The van der Waals surface area contributed by atoms with Gasteiger partial charge in [0.2, 0.25) is 0 Å². The molecular formula is C13H18ClNO2. The molecule has 0 saturated heterocycles. The van der Waals surface area contributed by atoms with E-state index in [9.17, 15) is 9.90 Å². The first-order valence-electron chi connectivity index (χ1n) is 5.44. The van der Waals surface area contributed by atoms with Crippen LogP contribution in [-0.2, 0) is 11.2 Å². The van der Waals surface area contributed by atoms with Crippen LogP contribution in [0.2, 0.25) is 5.02 Å². The summed E-state index contributed by atoms with van der Waals surface area (Å²) in [4.78, 5) is 11.4. The van der Waals surface area contributed by atoms with E-state index in [1.807, 2.05) is 32.9 Å². The molecule has 4 heteroatoms. The minimum atomic E-state index is -1.34. The summed E-state index contributed by atoms with van der Waals surface area (Å²) in [5.74, 6) is -1.01. The van der Waals surface area contributed by atoms with Gasteiger partial charge in [-0.05, 0) is 17.0 Å². The first-order chi connectivity index (χ1) is 7.68. The molecule has 0 spiro atoms. The van der Waals surface area contributed by atoms with Crippen molar-refractivity contribution < 1.29 is 9.90 Å². The van der Waals surface area contributed by atoms with E-state index >= 15 is 0 Å². The van der Waals surface area contributed by atoms with Gasteiger partial charge in [0.25, 0.3) is 0 Å². The first-order valence-corrected chi connectivity index (χ1v) is 5.82. The third-order valence-electron chi connectivity index (χ3n) is 3.15. The second-order valence-electron chi connectivity index (χ2n) is 5.29. The van der Waals surface area contributed by atoms with Crippen LogP contribution < -0.4 is 5.73 Å². The van der Waals surface area contributed by atoms with Crippen molar-refractivity contribution >= 4 is 17.6 Å². The molecule has 1 aromatic carbocycles. The maximum Gasteiger partial charge on any atom is 0.324 e. The van der Waals surface area contributed by atoms with Crippen LogP contribution in [0.5, 0.6) is 0 Å². The molecule has 0 aliphatic heterocycles. The zero-order chi connectivity index (χ0) is 13.3. The zero-order valence-electron chi connectivity index (χ0n) is 10.3. The summed E-state index contributed by atoms with van der Waals surface area (Å²) in [7, 11) is 0. The molecule has 0 radical (unpaired) electrons. The molecule has 3 N–H and O–H groups in total. The number of carbonyl (C=O) groups is 1. The lowest BCUT2D eigenvalue weighted by atomic mass is 9.71. The molecule has 1 rings (SSSR count). The lowest BCUT2D eigenvalue weighted by Gasteiger charge is -2.38. The van der Waals surface area contributed by atoms with Crippen molar-refractivity contribution in [2.24, 2.45) is 11.1 Å². The highest BCUT2D eigenvalue weighted by molar-refractivity contribution is 6.31. The van der Waals surface area contributed by atoms with E-state index in [1.165, 1.54) is 0 Å². The topological polar surface area (TPSA) is 63.3 Å². The number of halogens is 1. The van der Waals surface area contributed by atoms with Gasteiger partial charge in [0.15, 0.2) is 0 Å². The molecular weight excluding hydrogens is 238 g/mol. The average molecular weight is 256 g/mol. The number of carboxylic acid groups (broad SMARTS) is 1. The fourth-order valence-corrected chi connectivity index (χ4v) is 1.81. The Bertz CT molecular complexity index is 426. The predicted octanol–water partition coefficient (Wildman–Crippen LogP) is 2.71. The molecule has 0 aliphatic carbocycles. The van der Waals surface area contributed by atoms with Crippen LogP contribution in [0.4, 0.5) is 0 Å². The molecule has 3 nitrogen and oxygen atoms in total. The number of carboxylic acids is 1. The van der Waals surface area contributed by atoms with Crippen molar-refractivity contribution in [2.45, 2.75) is 32.7 Å². The van der Waals surface area contributed by atoms with Gasteiger partial charge in [0.05, 0.1) is 0 Å². The summed E-state index contributed by atoms with van der Waals surface area (Å²) >= 11 is 6.04. The Kier molecular flexibility index (Phi) is 3.84. The van der Waals surface area contributed by atoms with Crippen LogP contribution in [0.3, 0.4) is 0 Å². The standard InChI is InChI=1S/C13H18ClNO2/c1-12(2,3)13(15,11(16)17)8-9-6-4-5-7-10(9)14/h4-7H,8,15H2,1-3H3,(H,16,17)/t13-/m1/s1. The highest BCUT2D eigenvalue weighted by Crippen LogP contribution is 2.33. The Labute approximate surface area is 107 Å². The maximum absolute atomic E-state index is 11.4. The fraction of sp³-hybridized carbons (Fsp3) is 0.462. The van der Waals surface area contributed by atoms with E-state index < -0.39 is 16.9 Å². The summed E-state index contributed by atoms with van der Waals surface area (Å²) in [6.45, 7) is 5.45. The van der Waals surface area contributed by atoms with E-state index in [4.69, 9.17) is 17.3 Å². The lowest BCUT2D eigenvalue weighted by Crippen LogP contribution is -2.59. The first kappa shape index (κ1) is 14.0. The largest absolute Gasteiger partial charge is 0.480 e. The number of benzene rings is 1. The van der Waals surface area contributed by atoms with Crippen molar-refractivity contribution in [3.8, 4) is 0 Å². The van der Waals surface area contributed by atoms with Crippen LogP contribution in [0.15, 0.2) is 24.3 Å². The Morgan fingerprint density at radius 1 is 1.35 bits per heavy atom. The molecule has 1 atom stereocenters. The van der Waals surface area contributed by atoms with Crippen LogP contribution in [0.1, 0.15) is 26.3 Å². The van der Waals surface area contributed by atoms with Gasteiger partial charge in [0.1, 0.15) is 5.54 Å². The van der Waals surface area contributed by atoms with Crippen LogP contribution in [-0.4, -0.2) is 16.6 Å². The Morgan fingerprint density at radius 2 is 1.88 bits per heavy atom. The number of hydrogen-bond donors (Lipinski definition) is 2. The van der Waals surface area contributed by atoms with E-state index in [2.05, 4.69) is 0 Å². The summed E-state index contributed by atoms with van der Waals surface area (Å²) in [5.41, 5.74) is 4.93. The van der Waals surface area contributed by atoms with Gasteiger partial charge in [-0.1, -0.05) is 50.6 Å². The van der Waals surface area contributed by atoms with Gasteiger partial charge in [0, 0.05) is 11.4 Å². The number of aliphatic carboxylic acids is 1. The fourth-order valence-electron chi connectivity index (χ4n) is 1.60. The molecule has 0 heterocycles. The van der Waals surface area contributed by atoms with Gasteiger partial charge in [-0.15, -0.1) is 0 Å². The van der Waals surface area contributed by atoms with Crippen molar-refractivity contribution in [3.63, 3.8) is 0 Å². The molecule has 0 aromatic heterocycles. The Morgan fingerprint density at radius 3 is 2.29 bits per heavy atom. The summed E-state index contributed by atoms with van der Waals surface area (Å²) in [5, 5.41) is 9.90. The molecule has 94 valence electrons. The quantitative estimate of drug-likeness (QED) is 0.873. The number of rotatable bonds is 3. The van der Waals surface area contributed by atoms with Crippen molar-refractivity contribution in [1.82, 2.24) is 0 Å². The summed E-state index contributed by atoms with van der Waals surface area (Å²) in [6, 6.07) is 7.18. The van der Waals surface area contributed by atoms with E-state index in [-0.39, 0.29) is 6.42 Å². The van der Waals surface area contributed by atoms with Crippen LogP contribution >= 0.6 is 11.6 Å². The molecule has 0 bridgehead atoms. The maximum atomic E-state index is 11.4. The second kappa shape index (κ2) is 4.67. The number of hydrogen-bond acceptors (Lipinski definition) is 2. The second-order valence-corrected chi connectivity index (χ2v) is 5.70. The average Bonchev–Trinajstić information content (AvgIpc) is 2.19. The minimum absolute atomic E-state index is 0.214. The highest BCUT2D eigenvalue weighted by atomic mass is 35.5. The van der Waals surface area contributed by atoms with Crippen LogP contribution in [0.25, 0.3) is 0 Å². The predicted molar refractivity (Wildman–Crippen MR) is 69.2 cm³/mol. The molecule has 0 fully saturated rings. The normalized spacial score (nSPS) is 15.4. The monoisotopic (exact) mass is 255 g/mol. The smallest absolute Gasteiger partial charge is 0.324 e. The zero-order valence-corrected chi connectivity index (χ0v) is 11.1. The summed E-state index contributed by atoms with van der Waals surface area (Å²) in [6.07, 6.45) is 0.214. The van der Waals surface area contributed by atoms with Gasteiger partial charge in [-0.25, -0.2) is 0 Å². The SMILES string of the molecule is CC(C)(C)[C@@](N)(Cc1ccccc1Cl)C(=O)O. The molecule has 0 amide bonds. The van der Waals surface area contributed by atoms with Gasteiger partial charge >= 0.3 is 5.97 Å². The highest BCUT2D eigenvalue weighted by Gasteiger charge is 2.45. The molecule has 17 heavy (non-hydrogen) atoms. The van der Waals surface area contributed by atoms with Crippen molar-refractivity contribution in [1.29, 1.82) is 0 Å². The minimum Gasteiger partial charge on any atom is -0.480 e. The third kappa shape index (κ3) is 2.79. The Hall–Kier alpha value is -1.06. The molecule has 0 aliphatic rings. The molecule has 1 aromatic rings. The molecule has 0 saturated carbocycles. The third-order valence-corrected chi connectivity index (χ3v) is 3.52. The van der Waals surface area contributed by atoms with Gasteiger partial charge < -0.3 is 10.8 Å². The summed E-state index contributed by atoms with van der Waals surface area (Å²) < 4.78 is 0. The van der Waals surface area contributed by atoms with E-state index in [0.717, 1.165) is 5.56 Å². The van der Waals surface area contributed by atoms with Gasteiger partial charge in [-0.2, -0.15) is 0 Å². The Balaban J connectivity index is 3.13. The van der Waals surface area contributed by atoms with E-state index in [0.29, 0.717) is 5.02 Å². The van der Waals surface area contributed by atoms with E-state index in [1.54, 1.807) is 12.1 Å².